The van der Waals surface area contributed by atoms with E-state index in [0.29, 0.717) is 53.0 Å². The van der Waals surface area contributed by atoms with Crippen LogP contribution in [0.4, 0.5) is 10.2 Å². The predicted octanol–water partition coefficient (Wildman–Crippen LogP) is 5.54. The third-order valence-electron chi connectivity index (χ3n) is 6.97. The van der Waals surface area contributed by atoms with Crippen molar-refractivity contribution in [3.8, 4) is 23.1 Å². The van der Waals surface area contributed by atoms with Crippen molar-refractivity contribution < 1.29 is 28.6 Å². The van der Waals surface area contributed by atoms with Crippen molar-refractivity contribution in [3.63, 3.8) is 0 Å². The summed E-state index contributed by atoms with van der Waals surface area (Å²) in [5.41, 5.74) is 2.73. The van der Waals surface area contributed by atoms with Gasteiger partial charge >= 0.3 is 5.97 Å². The van der Waals surface area contributed by atoms with Gasteiger partial charge in [-0.15, -0.1) is 5.10 Å². The quantitative estimate of drug-likeness (QED) is 0.308. The Kier molecular flexibility index (Phi) is 7.43. The van der Waals surface area contributed by atoms with E-state index in [1.165, 1.54) is 16.6 Å². The molecule has 42 heavy (non-hydrogen) atoms. The summed E-state index contributed by atoms with van der Waals surface area (Å²) < 4.78 is 28.5. The van der Waals surface area contributed by atoms with Crippen molar-refractivity contribution in [1.29, 1.82) is 5.26 Å². The van der Waals surface area contributed by atoms with E-state index in [4.69, 9.17) is 9.47 Å². The van der Waals surface area contributed by atoms with Crippen LogP contribution < -0.4 is 10.1 Å². The molecule has 216 valence electrons. The van der Waals surface area contributed by atoms with Crippen molar-refractivity contribution in [3.05, 3.63) is 75.7 Å². The number of aromatic nitrogens is 3. The number of fused-ring (bicyclic) bond motifs is 2. The monoisotopic (exact) mass is 571 g/mol. The number of ether oxygens (including phenoxy) is 2. The molecule has 1 atom stereocenters. The van der Waals surface area contributed by atoms with Gasteiger partial charge in [-0.3, -0.25) is 4.79 Å². The average Bonchev–Trinajstić information content (AvgIpc) is 3.34. The molecule has 11 heteroatoms. The highest BCUT2D eigenvalue weighted by Gasteiger charge is 2.34. The Morgan fingerprint density at radius 1 is 1.24 bits per heavy atom. The second kappa shape index (κ2) is 10.9. The summed E-state index contributed by atoms with van der Waals surface area (Å²) >= 11 is 0. The van der Waals surface area contributed by atoms with E-state index in [1.807, 2.05) is 13.0 Å². The second-order valence-corrected chi connectivity index (χ2v) is 11.1. The summed E-state index contributed by atoms with van der Waals surface area (Å²) in [6, 6.07) is 11.1. The van der Waals surface area contributed by atoms with Crippen LogP contribution in [0.3, 0.4) is 0 Å². The number of halogens is 1. The number of carboxylic acid groups (broad SMARTS) is 1. The Labute approximate surface area is 241 Å². The number of carbonyl (C=O) groups excluding carboxylic acids is 1. The number of benzene rings is 2. The van der Waals surface area contributed by atoms with Crippen LogP contribution in [-0.4, -0.2) is 43.8 Å². The number of hydrogen-bond acceptors (Lipinski definition) is 7. The average molecular weight is 572 g/mol. The Morgan fingerprint density at radius 3 is 2.69 bits per heavy atom. The maximum atomic E-state index is 15.5. The number of nitriles is 1. The molecule has 0 bridgehead atoms. The molecule has 2 aromatic carbocycles. The third-order valence-corrected chi connectivity index (χ3v) is 6.97. The summed E-state index contributed by atoms with van der Waals surface area (Å²) in [6.45, 7) is 9.14. The number of rotatable bonds is 6. The zero-order chi connectivity index (χ0) is 30.3. The fourth-order valence-electron chi connectivity index (χ4n) is 5.18. The van der Waals surface area contributed by atoms with E-state index in [1.54, 1.807) is 52.0 Å². The largest absolute Gasteiger partial charge is 0.490 e. The number of nitrogens with one attached hydrogen (secondary N) is 1. The summed E-state index contributed by atoms with van der Waals surface area (Å²) in [4.78, 5) is 30.3. The van der Waals surface area contributed by atoms with Gasteiger partial charge in [0.25, 0.3) is 5.91 Å². The van der Waals surface area contributed by atoms with Crippen LogP contribution in [0.15, 0.2) is 36.4 Å². The molecule has 0 spiro atoms. The zero-order valence-corrected chi connectivity index (χ0v) is 23.9. The molecular formula is C31H30FN5O5. The molecule has 0 fully saturated rings. The molecule has 2 aromatic heterocycles. The minimum absolute atomic E-state index is 0.135. The Bertz CT molecular complexity index is 1780. The number of carboxylic acids is 1. The van der Waals surface area contributed by atoms with Gasteiger partial charge in [-0.05, 0) is 77.3 Å². The molecule has 1 aliphatic heterocycles. The van der Waals surface area contributed by atoms with Gasteiger partial charge in [0, 0.05) is 34.0 Å². The molecule has 5 rings (SSSR count). The zero-order valence-electron chi connectivity index (χ0n) is 23.9. The van der Waals surface area contributed by atoms with Crippen molar-refractivity contribution in [1.82, 2.24) is 14.6 Å². The first-order valence-electron chi connectivity index (χ1n) is 13.5. The first kappa shape index (κ1) is 28.7. The molecular weight excluding hydrogens is 541 g/mol. The normalized spacial score (nSPS) is 13.6. The van der Waals surface area contributed by atoms with Gasteiger partial charge in [0.1, 0.15) is 0 Å². The lowest BCUT2D eigenvalue weighted by Gasteiger charge is -2.28. The van der Waals surface area contributed by atoms with Crippen LogP contribution in [0.2, 0.25) is 0 Å². The summed E-state index contributed by atoms with van der Waals surface area (Å²) in [6.07, 6.45) is -0.149. The highest BCUT2D eigenvalue weighted by molar-refractivity contribution is 6.04. The number of aryl methyl sites for hydroxylation is 1. The molecule has 0 aliphatic carbocycles. The molecule has 10 nitrogen and oxygen atoms in total. The van der Waals surface area contributed by atoms with E-state index in [9.17, 15) is 20.0 Å². The van der Waals surface area contributed by atoms with Crippen molar-refractivity contribution >= 4 is 23.3 Å². The molecule has 4 aromatic rings. The van der Waals surface area contributed by atoms with Crippen LogP contribution in [0.25, 0.3) is 16.9 Å². The van der Waals surface area contributed by atoms with E-state index in [0.717, 1.165) is 0 Å². The molecule has 0 radical (unpaired) electrons. The third kappa shape index (κ3) is 5.41. The van der Waals surface area contributed by atoms with Crippen molar-refractivity contribution in [2.24, 2.45) is 0 Å². The summed E-state index contributed by atoms with van der Waals surface area (Å²) in [5, 5.41) is 26.8. The molecule has 1 amide bonds. The van der Waals surface area contributed by atoms with Gasteiger partial charge in [-0.2, -0.15) is 5.26 Å². The lowest BCUT2D eigenvalue weighted by Crippen LogP contribution is -2.29. The minimum atomic E-state index is -1.46. The Balaban J connectivity index is 1.74. The number of carbonyl (C=O) groups is 2. The van der Waals surface area contributed by atoms with Crippen LogP contribution in [0, 0.1) is 31.0 Å². The van der Waals surface area contributed by atoms with Crippen molar-refractivity contribution in [2.45, 2.75) is 59.2 Å². The minimum Gasteiger partial charge on any atom is -0.490 e. The Hall–Kier alpha value is -4.82. The number of hydrogen-bond donors (Lipinski definition) is 2. The molecule has 1 unspecified atom stereocenters. The fraction of sp³-hybridized carbons (Fsp3) is 0.323. The summed E-state index contributed by atoms with van der Waals surface area (Å²) in [7, 11) is 0. The second-order valence-electron chi connectivity index (χ2n) is 11.1. The molecule has 0 saturated heterocycles. The van der Waals surface area contributed by atoms with Gasteiger partial charge < -0.3 is 19.9 Å². The molecule has 1 aliphatic rings. The van der Waals surface area contributed by atoms with E-state index >= 15 is 4.39 Å². The maximum Gasteiger partial charge on any atom is 0.337 e. The van der Waals surface area contributed by atoms with Gasteiger partial charge in [0.05, 0.1) is 29.5 Å². The maximum absolute atomic E-state index is 15.5. The van der Waals surface area contributed by atoms with Crippen molar-refractivity contribution in [2.75, 3.05) is 11.9 Å². The molecule has 2 N–H and O–H groups in total. The summed E-state index contributed by atoms with van der Waals surface area (Å²) in [5.74, 6) is -1.98. The van der Waals surface area contributed by atoms with E-state index < -0.39 is 29.4 Å². The topological polar surface area (TPSA) is 139 Å². The lowest BCUT2D eigenvalue weighted by molar-refractivity contribution is -0.160. The van der Waals surface area contributed by atoms with Gasteiger partial charge in [0.2, 0.25) is 0 Å². The lowest BCUT2D eigenvalue weighted by atomic mass is 9.91. The standard InChI is InChI=1S/C31H30FN5O5/c1-16-20-10-7-11-41-27(20)22(32)13-21(16)26-25(28(30(39)40)42-31(3,4)5)17(2)34-24-14-23(36-37(24)26)35-29(38)19-9-6-8-18(12-19)15-33/h6,8-9,12-14,28H,7,10-11H2,1-5H3,(H,39,40)(H,35,36,38). The number of aliphatic carboxylic acids is 1. The fourth-order valence-corrected chi connectivity index (χ4v) is 5.18. The van der Waals surface area contributed by atoms with Crippen LogP contribution in [-0.2, 0) is 16.0 Å². The Morgan fingerprint density at radius 2 is 2.00 bits per heavy atom. The highest BCUT2D eigenvalue weighted by atomic mass is 19.1. The van der Waals surface area contributed by atoms with Gasteiger partial charge in [-0.25, -0.2) is 18.7 Å². The number of anilines is 1. The molecule has 3 heterocycles. The smallest absolute Gasteiger partial charge is 0.337 e. The first-order valence-corrected chi connectivity index (χ1v) is 13.5. The van der Waals surface area contributed by atoms with Gasteiger partial charge in [-0.1, -0.05) is 6.07 Å². The first-order chi connectivity index (χ1) is 19.9. The van der Waals surface area contributed by atoms with E-state index in [-0.39, 0.29) is 28.4 Å². The van der Waals surface area contributed by atoms with Crippen LogP contribution >= 0.6 is 0 Å². The number of nitrogens with zero attached hydrogens (tertiary/aromatic N) is 4. The van der Waals surface area contributed by atoms with Crippen LogP contribution in [0.5, 0.6) is 5.75 Å². The SMILES string of the molecule is Cc1nc2cc(NC(=O)c3cccc(C#N)c3)nn2c(-c2cc(F)c3c(c2C)CCCO3)c1C(OC(C)(C)C)C(=O)O. The van der Waals surface area contributed by atoms with Crippen LogP contribution in [0.1, 0.15) is 71.6 Å². The molecule has 0 saturated carbocycles. The number of amides is 1. The predicted molar refractivity (Wildman–Crippen MR) is 152 cm³/mol. The van der Waals surface area contributed by atoms with E-state index in [2.05, 4.69) is 15.4 Å². The van der Waals surface area contributed by atoms with Gasteiger partial charge in [0.15, 0.2) is 29.1 Å². The highest BCUT2D eigenvalue weighted by Crippen LogP contribution is 2.41.